The molecule has 1 amide bonds. The van der Waals surface area contributed by atoms with Crippen molar-refractivity contribution in [2.24, 2.45) is 5.92 Å². The van der Waals surface area contributed by atoms with E-state index in [1.54, 1.807) is 0 Å². The molecule has 27 heavy (non-hydrogen) atoms. The maximum atomic E-state index is 12.2. The highest BCUT2D eigenvalue weighted by Crippen LogP contribution is 2.46. The van der Waals surface area contributed by atoms with E-state index in [1.165, 1.54) is 18.4 Å². The highest BCUT2D eigenvalue weighted by molar-refractivity contribution is 5.90. The number of amides is 1. The summed E-state index contributed by atoms with van der Waals surface area (Å²) in [4.78, 5) is 26.8. The van der Waals surface area contributed by atoms with E-state index in [9.17, 15) is 9.59 Å². The number of ether oxygens (including phenoxy) is 1. The Labute approximate surface area is 161 Å². The zero-order valence-electron chi connectivity index (χ0n) is 16.2. The second-order valence-corrected chi connectivity index (χ2v) is 8.38. The molecule has 4 bridgehead atoms. The standard InChI is InChI=1S/C22H30N2O3/c1-24-17-11-12-20(24)19-14-27-22(26)6-4-2-3-5-21(25)23-16-9-7-15(8-10-16)18(19)13-17/h7-10,17-20H,2-6,11-14H2,1H3,(H,23,25)/t17-,18+,19-,20+/m0/s1. The number of fused-ring (bicyclic) bond motifs is 13. The summed E-state index contributed by atoms with van der Waals surface area (Å²) >= 11 is 0. The van der Waals surface area contributed by atoms with E-state index in [2.05, 4.69) is 29.4 Å². The van der Waals surface area contributed by atoms with Gasteiger partial charge < -0.3 is 15.0 Å². The molecule has 1 N–H and O–H groups in total. The second kappa shape index (κ2) is 8.01. The molecule has 5 nitrogen and oxygen atoms in total. The zero-order valence-corrected chi connectivity index (χ0v) is 16.2. The second-order valence-electron chi connectivity index (χ2n) is 8.38. The normalized spacial score (nSPS) is 32.6. The number of piperidine rings is 1. The Hall–Kier alpha value is -1.88. The van der Waals surface area contributed by atoms with Gasteiger partial charge in [-0.25, -0.2) is 0 Å². The Bertz CT molecular complexity index is 687. The van der Waals surface area contributed by atoms with Crippen LogP contribution in [-0.2, 0) is 14.3 Å². The third-order valence-electron chi connectivity index (χ3n) is 6.78. The van der Waals surface area contributed by atoms with Crippen molar-refractivity contribution in [3.8, 4) is 0 Å². The SMILES string of the molecule is CN1[C@H]2CC[C@@H]1[C@H]1COC(=O)CCCCCC(=O)Nc3ccc(cc3)[C@H]1C2. The number of carbonyl (C=O) groups excluding carboxylic acids is 2. The molecule has 0 aromatic heterocycles. The summed E-state index contributed by atoms with van der Waals surface area (Å²) in [6.07, 6.45) is 6.95. The highest BCUT2D eigenvalue weighted by atomic mass is 16.5. The third kappa shape index (κ3) is 4.03. The molecule has 0 radical (unpaired) electrons. The minimum absolute atomic E-state index is 0.0487. The Morgan fingerprint density at radius 3 is 2.63 bits per heavy atom. The average molecular weight is 370 g/mol. The van der Waals surface area contributed by atoms with Gasteiger partial charge in [0.05, 0.1) is 6.61 Å². The summed E-state index contributed by atoms with van der Waals surface area (Å²) in [7, 11) is 2.22. The first kappa shape index (κ1) is 18.5. The van der Waals surface area contributed by atoms with Crippen LogP contribution in [0.25, 0.3) is 0 Å². The lowest BCUT2D eigenvalue weighted by Gasteiger charge is -2.43. The van der Waals surface area contributed by atoms with Crippen molar-refractivity contribution in [3.05, 3.63) is 29.8 Å². The monoisotopic (exact) mass is 370 g/mol. The predicted octanol–water partition coefficient (Wildman–Crippen LogP) is 3.70. The molecule has 0 aliphatic carbocycles. The van der Waals surface area contributed by atoms with Crippen molar-refractivity contribution in [2.75, 3.05) is 19.0 Å². The Kier molecular flexibility index (Phi) is 5.48. The molecule has 1 aromatic rings. The first-order chi connectivity index (χ1) is 13.1. The number of anilines is 1. The minimum atomic E-state index is -0.0941. The molecule has 4 atom stereocenters. The van der Waals surface area contributed by atoms with Gasteiger partial charge in [-0.1, -0.05) is 18.6 Å². The Balaban J connectivity index is 1.59. The molecular weight excluding hydrogens is 340 g/mol. The van der Waals surface area contributed by atoms with E-state index in [1.807, 2.05) is 12.1 Å². The molecule has 0 unspecified atom stereocenters. The fourth-order valence-electron chi connectivity index (χ4n) is 5.22. The van der Waals surface area contributed by atoms with Crippen molar-refractivity contribution in [3.63, 3.8) is 0 Å². The maximum Gasteiger partial charge on any atom is 0.305 e. The van der Waals surface area contributed by atoms with Gasteiger partial charge in [0, 0.05) is 36.5 Å². The number of nitrogens with one attached hydrogen (secondary N) is 1. The van der Waals surface area contributed by atoms with E-state index in [0.29, 0.717) is 43.4 Å². The predicted molar refractivity (Wildman–Crippen MR) is 105 cm³/mol. The average Bonchev–Trinajstić information content (AvgIpc) is 2.90. The minimum Gasteiger partial charge on any atom is -0.465 e. The van der Waals surface area contributed by atoms with E-state index >= 15 is 0 Å². The molecule has 0 saturated carbocycles. The molecular formula is C22H30N2O3. The molecule has 2 saturated heterocycles. The third-order valence-corrected chi connectivity index (χ3v) is 6.78. The zero-order chi connectivity index (χ0) is 18.8. The van der Waals surface area contributed by atoms with Gasteiger partial charge in [-0.05, 0) is 62.8 Å². The molecule has 0 spiro atoms. The van der Waals surface area contributed by atoms with Crippen molar-refractivity contribution in [1.29, 1.82) is 0 Å². The molecule has 5 heteroatoms. The molecule has 4 aliphatic heterocycles. The lowest BCUT2D eigenvalue weighted by atomic mass is 9.76. The van der Waals surface area contributed by atoms with Crippen LogP contribution in [0.15, 0.2) is 24.3 Å². The summed E-state index contributed by atoms with van der Waals surface area (Å²) in [5.41, 5.74) is 2.17. The fraction of sp³-hybridized carbons (Fsp3) is 0.636. The van der Waals surface area contributed by atoms with Crippen LogP contribution in [0.5, 0.6) is 0 Å². The van der Waals surface area contributed by atoms with Crippen molar-refractivity contribution >= 4 is 17.6 Å². The Morgan fingerprint density at radius 2 is 1.81 bits per heavy atom. The van der Waals surface area contributed by atoms with Crippen LogP contribution in [-0.4, -0.2) is 42.5 Å². The number of carbonyl (C=O) groups is 2. The molecule has 4 aliphatic rings. The van der Waals surface area contributed by atoms with Crippen molar-refractivity contribution < 1.29 is 14.3 Å². The number of hydrogen-bond acceptors (Lipinski definition) is 4. The largest absolute Gasteiger partial charge is 0.465 e. The number of benzene rings is 1. The summed E-state index contributed by atoms with van der Waals surface area (Å²) < 4.78 is 5.73. The summed E-state index contributed by atoms with van der Waals surface area (Å²) in [6.45, 7) is 0.518. The van der Waals surface area contributed by atoms with Gasteiger partial charge in [0.1, 0.15) is 0 Å². The van der Waals surface area contributed by atoms with Gasteiger partial charge in [0.25, 0.3) is 0 Å². The topological polar surface area (TPSA) is 58.6 Å². The van der Waals surface area contributed by atoms with Gasteiger partial charge in [0.15, 0.2) is 0 Å². The summed E-state index contributed by atoms with van der Waals surface area (Å²) in [5.74, 6) is 0.700. The summed E-state index contributed by atoms with van der Waals surface area (Å²) in [6, 6.07) is 9.43. The van der Waals surface area contributed by atoms with Gasteiger partial charge in [-0.3, -0.25) is 9.59 Å². The lowest BCUT2D eigenvalue weighted by molar-refractivity contribution is -0.146. The van der Waals surface area contributed by atoms with Crippen LogP contribution >= 0.6 is 0 Å². The van der Waals surface area contributed by atoms with Crippen molar-refractivity contribution in [2.45, 2.75) is 69.4 Å². The molecule has 1 aromatic carbocycles. The van der Waals surface area contributed by atoms with Gasteiger partial charge in [-0.2, -0.15) is 0 Å². The fourth-order valence-corrected chi connectivity index (χ4v) is 5.22. The smallest absolute Gasteiger partial charge is 0.305 e. The van der Waals surface area contributed by atoms with Gasteiger partial charge >= 0.3 is 5.97 Å². The number of hydrogen-bond donors (Lipinski definition) is 1. The van der Waals surface area contributed by atoms with Gasteiger partial charge in [-0.15, -0.1) is 0 Å². The summed E-state index contributed by atoms with van der Waals surface area (Å²) in [5, 5.41) is 3.00. The maximum absolute atomic E-state index is 12.2. The van der Waals surface area contributed by atoms with Crippen LogP contribution in [0.2, 0.25) is 0 Å². The highest BCUT2D eigenvalue weighted by Gasteiger charge is 2.46. The van der Waals surface area contributed by atoms with Crippen LogP contribution < -0.4 is 5.32 Å². The quantitative estimate of drug-likeness (QED) is 0.708. The van der Waals surface area contributed by atoms with Crippen molar-refractivity contribution in [1.82, 2.24) is 4.90 Å². The Morgan fingerprint density at radius 1 is 1.04 bits per heavy atom. The molecule has 5 rings (SSSR count). The molecule has 146 valence electrons. The van der Waals surface area contributed by atoms with E-state index < -0.39 is 0 Å². The number of nitrogens with zero attached hydrogens (tertiary/aromatic N) is 1. The van der Waals surface area contributed by atoms with Gasteiger partial charge in [0.2, 0.25) is 5.91 Å². The van der Waals surface area contributed by atoms with E-state index in [-0.39, 0.29) is 11.9 Å². The first-order valence-electron chi connectivity index (χ1n) is 10.4. The first-order valence-corrected chi connectivity index (χ1v) is 10.4. The van der Waals surface area contributed by atoms with Crippen LogP contribution in [0.4, 0.5) is 5.69 Å². The van der Waals surface area contributed by atoms with Crippen LogP contribution in [0, 0.1) is 5.92 Å². The van der Waals surface area contributed by atoms with E-state index in [4.69, 9.17) is 4.74 Å². The lowest BCUT2D eigenvalue weighted by Crippen LogP contribution is -2.47. The van der Waals surface area contributed by atoms with Crippen LogP contribution in [0.1, 0.15) is 62.8 Å². The number of rotatable bonds is 0. The molecule has 4 heterocycles. The molecule has 2 fully saturated rings. The van der Waals surface area contributed by atoms with Crippen LogP contribution in [0.3, 0.4) is 0 Å². The van der Waals surface area contributed by atoms with E-state index in [0.717, 1.165) is 31.4 Å². The number of esters is 1.